The van der Waals surface area contributed by atoms with Crippen molar-refractivity contribution in [3.8, 4) is 11.7 Å². The van der Waals surface area contributed by atoms with E-state index in [0.717, 1.165) is 0 Å². The Hall–Kier alpha value is -2.26. The molecule has 0 aromatic carbocycles. The predicted molar refractivity (Wildman–Crippen MR) is 52.7 cm³/mol. The van der Waals surface area contributed by atoms with E-state index in [-0.39, 0.29) is 24.1 Å². The highest BCUT2D eigenvalue weighted by Gasteiger charge is 2.19. The van der Waals surface area contributed by atoms with Crippen molar-refractivity contribution in [3.05, 3.63) is 28.1 Å². The molecule has 1 unspecified atom stereocenters. The third-order valence-corrected chi connectivity index (χ3v) is 1.95. The zero-order valence-electron chi connectivity index (χ0n) is 8.44. The van der Waals surface area contributed by atoms with Crippen LogP contribution in [0.5, 0.6) is 0 Å². The molecule has 0 aliphatic rings. The summed E-state index contributed by atoms with van der Waals surface area (Å²) < 4.78 is 9.66. The summed E-state index contributed by atoms with van der Waals surface area (Å²) in [5, 5.41) is 22.7. The molecule has 0 saturated carbocycles. The number of nitro groups is 1. The van der Waals surface area contributed by atoms with Gasteiger partial charge in [0.25, 0.3) is 5.89 Å². The monoisotopic (exact) mass is 240 g/mol. The number of furan rings is 1. The van der Waals surface area contributed by atoms with Gasteiger partial charge in [-0.1, -0.05) is 5.16 Å². The lowest BCUT2D eigenvalue weighted by Crippen LogP contribution is -2.15. The first-order valence-electron chi connectivity index (χ1n) is 4.56. The van der Waals surface area contributed by atoms with Gasteiger partial charge in [0.05, 0.1) is 18.7 Å². The third-order valence-electron chi connectivity index (χ3n) is 1.95. The van der Waals surface area contributed by atoms with E-state index in [2.05, 4.69) is 10.1 Å². The Bertz CT molecular complexity index is 534. The fourth-order valence-corrected chi connectivity index (χ4v) is 1.11. The molecule has 2 rings (SSSR count). The molecule has 2 aromatic rings. The molecule has 90 valence electrons. The van der Waals surface area contributed by atoms with Gasteiger partial charge in [0, 0.05) is 0 Å². The minimum atomic E-state index is -0.766. The largest absolute Gasteiger partial charge is 0.433 e. The van der Waals surface area contributed by atoms with Crippen molar-refractivity contribution < 1.29 is 19.0 Å². The second-order valence-corrected chi connectivity index (χ2v) is 3.14. The van der Waals surface area contributed by atoms with E-state index >= 15 is 0 Å². The van der Waals surface area contributed by atoms with Crippen LogP contribution in [0.2, 0.25) is 0 Å². The summed E-state index contributed by atoms with van der Waals surface area (Å²) >= 11 is 0. The fourth-order valence-electron chi connectivity index (χ4n) is 1.11. The quantitative estimate of drug-likeness (QED) is 0.571. The van der Waals surface area contributed by atoms with Crippen molar-refractivity contribution in [2.75, 3.05) is 6.61 Å². The van der Waals surface area contributed by atoms with Crippen LogP contribution in [0.15, 0.2) is 21.1 Å². The highest BCUT2D eigenvalue weighted by molar-refractivity contribution is 5.46. The van der Waals surface area contributed by atoms with E-state index in [1.807, 2.05) is 0 Å². The lowest BCUT2D eigenvalue weighted by atomic mass is 10.3. The van der Waals surface area contributed by atoms with E-state index in [1.165, 1.54) is 12.1 Å². The van der Waals surface area contributed by atoms with Gasteiger partial charge < -0.3 is 19.8 Å². The van der Waals surface area contributed by atoms with E-state index in [1.54, 1.807) is 0 Å². The maximum atomic E-state index is 10.4. The first kappa shape index (κ1) is 11.2. The summed E-state index contributed by atoms with van der Waals surface area (Å²) in [6.45, 7) is -0.336. The van der Waals surface area contributed by atoms with E-state index in [4.69, 9.17) is 19.8 Å². The second-order valence-electron chi connectivity index (χ2n) is 3.14. The topological polar surface area (TPSA) is 141 Å². The molecule has 0 spiro atoms. The van der Waals surface area contributed by atoms with Gasteiger partial charge in [-0.3, -0.25) is 10.1 Å². The number of rotatable bonds is 4. The molecular formula is C8H8N4O5. The number of nitrogens with two attached hydrogens (primary N) is 1. The minimum absolute atomic E-state index is 0.0306. The number of aromatic nitrogens is 2. The summed E-state index contributed by atoms with van der Waals surface area (Å²) in [7, 11) is 0. The first-order valence-corrected chi connectivity index (χ1v) is 4.56. The van der Waals surface area contributed by atoms with E-state index in [9.17, 15) is 10.1 Å². The Morgan fingerprint density at radius 2 is 2.35 bits per heavy atom. The molecule has 0 bridgehead atoms. The third kappa shape index (κ3) is 2.14. The van der Waals surface area contributed by atoms with Crippen LogP contribution in [-0.2, 0) is 0 Å². The molecule has 2 heterocycles. The molecule has 1 atom stereocenters. The zero-order valence-corrected chi connectivity index (χ0v) is 8.44. The summed E-state index contributed by atoms with van der Waals surface area (Å²) in [6, 6.07) is 1.74. The van der Waals surface area contributed by atoms with Crippen LogP contribution in [0.1, 0.15) is 11.9 Å². The van der Waals surface area contributed by atoms with E-state index in [0.29, 0.717) is 0 Å². The van der Waals surface area contributed by atoms with Gasteiger partial charge in [-0.15, -0.1) is 0 Å². The van der Waals surface area contributed by atoms with Crippen molar-refractivity contribution in [3.63, 3.8) is 0 Å². The molecule has 9 nitrogen and oxygen atoms in total. The number of nitrogens with zero attached hydrogens (tertiary/aromatic N) is 3. The van der Waals surface area contributed by atoms with Crippen LogP contribution in [0.3, 0.4) is 0 Å². The van der Waals surface area contributed by atoms with Crippen molar-refractivity contribution in [1.29, 1.82) is 0 Å². The Labute approximate surface area is 94.0 Å². The van der Waals surface area contributed by atoms with Crippen LogP contribution in [-0.4, -0.2) is 26.8 Å². The predicted octanol–water partition coefficient (Wildman–Crippen LogP) is 0.230. The molecule has 2 aromatic heterocycles. The molecule has 0 fully saturated rings. The Kier molecular flexibility index (Phi) is 2.85. The van der Waals surface area contributed by atoms with Gasteiger partial charge in [-0.2, -0.15) is 4.98 Å². The maximum absolute atomic E-state index is 10.4. The first-order chi connectivity index (χ1) is 8.11. The van der Waals surface area contributed by atoms with Gasteiger partial charge in [0.1, 0.15) is 4.92 Å². The summed E-state index contributed by atoms with van der Waals surface area (Å²) in [5.41, 5.74) is 5.47. The minimum Gasteiger partial charge on any atom is -0.395 e. The van der Waals surface area contributed by atoms with Crippen molar-refractivity contribution >= 4 is 5.88 Å². The SMILES string of the molecule is NC(CO)c1noc(-c2ccc([N+](=O)[O-])o2)n1. The Balaban J connectivity index is 2.27. The Morgan fingerprint density at radius 3 is 2.94 bits per heavy atom. The summed E-state index contributed by atoms with van der Waals surface area (Å²) in [4.78, 5) is 13.6. The summed E-state index contributed by atoms with van der Waals surface area (Å²) in [6.07, 6.45) is 0. The molecule has 0 saturated heterocycles. The molecule has 9 heteroatoms. The number of aliphatic hydroxyl groups excluding tert-OH is 1. The van der Waals surface area contributed by atoms with Gasteiger partial charge in [-0.05, 0) is 6.07 Å². The average molecular weight is 240 g/mol. The average Bonchev–Trinajstić information content (AvgIpc) is 2.95. The zero-order chi connectivity index (χ0) is 12.4. The van der Waals surface area contributed by atoms with Gasteiger partial charge in [0.15, 0.2) is 11.6 Å². The van der Waals surface area contributed by atoms with Crippen molar-refractivity contribution in [2.24, 2.45) is 5.73 Å². The molecule has 0 aliphatic carbocycles. The van der Waals surface area contributed by atoms with Crippen LogP contribution in [0.25, 0.3) is 11.7 Å². The van der Waals surface area contributed by atoms with E-state index < -0.39 is 16.8 Å². The van der Waals surface area contributed by atoms with Crippen LogP contribution in [0, 0.1) is 10.1 Å². The lowest BCUT2D eigenvalue weighted by Gasteiger charge is -1.98. The maximum Gasteiger partial charge on any atom is 0.433 e. The second kappa shape index (κ2) is 4.31. The number of aliphatic hydroxyl groups is 1. The van der Waals surface area contributed by atoms with Gasteiger partial charge >= 0.3 is 5.88 Å². The van der Waals surface area contributed by atoms with Crippen molar-refractivity contribution in [2.45, 2.75) is 6.04 Å². The van der Waals surface area contributed by atoms with Crippen LogP contribution < -0.4 is 5.73 Å². The number of hydrogen-bond donors (Lipinski definition) is 2. The lowest BCUT2D eigenvalue weighted by molar-refractivity contribution is -0.401. The van der Waals surface area contributed by atoms with Crippen LogP contribution in [0.4, 0.5) is 5.88 Å². The highest BCUT2D eigenvalue weighted by Crippen LogP contribution is 2.25. The summed E-state index contributed by atoms with van der Waals surface area (Å²) in [5.74, 6) is -0.287. The number of hydrogen-bond acceptors (Lipinski definition) is 8. The normalized spacial score (nSPS) is 12.6. The van der Waals surface area contributed by atoms with Gasteiger partial charge in [-0.25, -0.2) is 0 Å². The standard InChI is InChI=1S/C8H8N4O5/c9-4(3-13)7-10-8(17-11-7)5-1-2-6(16-5)12(14)15/h1-2,4,13H,3,9H2. The van der Waals surface area contributed by atoms with Gasteiger partial charge in [0.2, 0.25) is 0 Å². The smallest absolute Gasteiger partial charge is 0.395 e. The Morgan fingerprint density at radius 1 is 1.59 bits per heavy atom. The van der Waals surface area contributed by atoms with Crippen LogP contribution >= 0.6 is 0 Å². The van der Waals surface area contributed by atoms with Crippen molar-refractivity contribution in [1.82, 2.24) is 10.1 Å². The molecule has 0 radical (unpaired) electrons. The molecule has 17 heavy (non-hydrogen) atoms. The highest BCUT2D eigenvalue weighted by atomic mass is 16.6. The molecule has 3 N–H and O–H groups in total. The fraction of sp³-hybridized carbons (Fsp3) is 0.250. The molecule has 0 amide bonds. The molecular weight excluding hydrogens is 232 g/mol. The molecule has 0 aliphatic heterocycles.